The maximum atomic E-state index is 13.7. The minimum absolute atomic E-state index is 0. The zero-order chi connectivity index (χ0) is 17.8. The van der Waals surface area contributed by atoms with Gasteiger partial charge in [0, 0.05) is 22.4 Å². The first kappa shape index (κ1) is 19.7. The van der Waals surface area contributed by atoms with Gasteiger partial charge < -0.3 is 0 Å². The molecule has 0 saturated heterocycles. The van der Waals surface area contributed by atoms with Crippen LogP contribution in [0.5, 0.6) is 0 Å². The molecular weight excluding hydrogens is 535 g/mol. The fourth-order valence-corrected chi connectivity index (χ4v) is 7.76. The minimum Gasteiger partial charge on any atom is -0.207 e. The van der Waals surface area contributed by atoms with Crippen LogP contribution in [0.15, 0.2) is 115 Å². The zero-order valence-corrected chi connectivity index (χ0v) is 17.7. The van der Waals surface area contributed by atoms with E-state index in [4.69, 9.17) is 0 Å². The molecule has 4 aromatic rings. The summed E-state index contributed by atoms with van der Waals surface area (Å²) in [7, 11) is -2.09. The van der Waals surface area contributed by atoms with Gasteiger partial charge in [-0.2, -0.15) is 0 Å². The van der Waals surface area contributed by atoms with Crippen LogP contribution in [0.2, 0.25) is 0 Å². The minimum atomic E-state index is -2.09. The molecule has 0 bridgehead atoms. The molecule has 0 spiro atoms. The quantitative estimate of drug-likeness (QED) is 0.259. The van der Waals surface area contributed by atoms with Crippen LogP contribution in [0.4, 0.5) is 4.39 Å². The van der Waals surface area contributed by atoms with Crippen molar-refractivity contribution in [2.75, 3.05) is 0 Å². The molecule has 0 aliphatic carbocycles. The second-order valence-electron chi connectivity index (χ2n) is 6.15. The summed E-state index contributed by atoms with van der Waals surface area (Å²) in [6.45, 7) is 0. The molecule has 4 rings (SSSR count). The van der Waals surface area contributed by atoms with Crippen molar-refractivity contribution >= 4 is 28.5 Å². The van der Waals surface area contributed by atoms with Gasteiger partial charge in [-0.25, -0.2) is 4.39 Å². The van der Waals surface area contributed by atoms with E-state index in [1.54, 1.807) is 12.1 Å². The Morgan fingerprint density at radius 1 is 0.407 bits per heavy atom. The van der Waals surface area contributed by atoms with Gasteiger partial charge in [-0.1, -0.05) is 54.6 Å². The molecule has 4 aromatic carbocycles. The van der Waals surface area contributed by atoms with Crippen molar-refractivity contribution in [3.05, 3.63) is 121 Å². The molecule has 0 N–H and O–H groups in total. The number of hydrogen-bond acceptors (Lipinski definition) is 0. The first-order valence-electron chi connectivity index (χ1n) is 8.64. The maximum absolute atomic E-state index is 13.7. The first-order valence-corrected chi connectivity index (χ1v) is 10.4. The van der Waals surface area contributed by atoms with Crippen molar-refractivity contribution < 1.29 is 26.8 Å². The van der Waals surface area contributed by atoms with Crippen LogP contribution in [0.3, 0.4) is 0 Å². The SMILES string of the molecule is Fc1ccc([P+](c2ccccc2)(c2ccccc2)c2ccccc2)cc1.[Au]. The summed E-state index contributed by atoms with van der Waals surface area (Å²) in [5.41, 5.74) is 0. The average molecular weight is 554 g/mol. The van der Waals surface area contributed by atoms with E-state index in [0.29, 0.717) is 0 Å². The van der Waals surface area contributed by atoms with Gasteiger partial charge in [0.15, 0.2) is 0 Å². The van der Waals surface area contributed by atoms with Crippen LogP contribution in [0, 0.1) is 5.82 Å². The standard InChI is InChI=1S/C24H19FP.Au/c25-20-16-18-24(19-17-20)26(21-10-4-1-5-11-21,22-12-6-2-7-13-22)23-14-8-3-9-15-23;/h1-19H;/q+1;. The van der Waals surface area contributed by atoms with Crippen LogP contribution < -0.4 is 21.2 Å². The predicted molar refractivity (Wildman–Crippen MR) is 111 cm³/mol. The number of hydrogen-bond donors (Lipinski definition) is 0. The Hall–Kier alpha value is -2.02. The average Bonchev–Trinajstić information content (AvgIpc) is 2.72. The number of rotatable bonds is 4. The Labute approximate surface area is 175 Å². The Bertz CT molecular complexity index is 874. The smallest absolute Gasteiger partial charge is 0.144 e. The van der Waals surface area contributed by atoms with E-state index < -0.39 is 7.26 Å². The van der Waals surface area contributed by atoms with Crippen molar-refractivity contribution in [1.29, 1.82) is 0 Å². The zero-order valence-electron chi connectivity index (χ0n) is 14.6. The van der Waals surface area contributed by atoms with Gasteiger partial charge in [0.2, 0.25) is 0 Å². The summed E-state index contributed by atoms with van der Waals surface area (Å²) >= 11 is 0. The Morgan fingerprint density at radius 3 is 1.04 bits per heavy atom. The molecule has 0 aliphatic heterocycles. The maximum Gasteiger partial charge on any atom is 0.144 e. The van der Waals surface area contributed by atoms with Gasteiger partial charge in [-0.05, 0) is 60.7 Å². The summed E-state index contributed by atoms with van der Waals surface area (Å²) in [5.74, 6) is -0.207. The van der Waals surface area contributed by atoms with Crippen molar-refractivity contribution in [3.63, 3.8) is 0 Å². The Balaban J connectivity index is 0.00000210. The molecule has 0 unspecified atom stereocenters. The van der Waals surface area contributed by atoms with Crippen LogP contribution in [0.25, 0.3) is 0 Å². The molecule has 1 radical (unpaired) electrons. The molecule has 0 aliphatic rings. The predicted octanol–water partition coefficient (Wildman–Crippen LogP) is 4.44. The van der Waals surface area contributed by atoms with Crippen LogP contribution in [-0.2, 0) is 22.4 Å². The number of benzene rings is 4. The first-order chi connectivity index (χ1) is 12.8. The van der Waals surface area contributed by atoms with E-state index in [1.165, 1.54) is 15.9 Å². The van der Waals surface area contributed by atoms with Crippen molar-refractivity contribution in [1.82, 2.24) is 0 Å². The molecule has 0 nitrogen and oxygen atoms in total. The largest absolute Gasteiger partial charge is 0.207 e. The molecule has 0 heterocycles. The van der Waals surface area contributed by atoms with E-state index in [0.717, 1.165) is 5.30 Å². The molecule has 0 atom stereocenters. The summed E-state index contributed by atoms with van der Waals surface area (Å²) < 4.78 is 13.7. The summed E-state index contributed by atoms with van der Waals surface area (Å²) in [6.07, 6.45) is 0. The van der Waals surface area contributed by atoms with Gasteiger partial charge >= 0.3 is 0 Å². The molecule has 0 amide bonds. The second-order valence-corrected chi connectivity index (χ2v) is 9.56. The third-order valence-electron chi connectivity index (χ3n) is 4.64. The van der Waals surface area contributed by atoms with Crippen LogP contribution in [0.1, 0.15) is 0 Å². The molecular formula is C24H19AuFP+. The van der Waals surface area contributed by atoms with E-state index in [2.05, 4.69) is 72.8 Å². The normalized spacial score (nSPS) is 10.9. The van der Waals surface area contributed by atoms with Gasteiger partial charge in [0.1, 0.15) is 34.3 Å². The van der Waals surface area contributed by atoms with Crippen molar-refractivity contribution in [3.8, 4) is 0 Å². The fourth-order valence-electron chi connectivity index (χ4n) is 3.51. The summed E-state index contributed by atoms with van der Waals surface area (Å²) in [4.78, 5) is 0. The molecule has 0 saturated carbocycles. The third kappa shape index (κ3) is 3.70. The van der Waals surface area contributed by atoms with Gasteiger partial charge in [0.05, 0.1) is 0 Å². The molecule has 0 fully saturated rings. The van der Waals surface area contributed by atoms with E-state index in [-0.39, 0.29) is 28.2 Å². The molecule has 137 valence electrons. The van der Waals surface area contributed by atoms with Gasteiger partial charge in [-0.3, -0.25) is 0 Å². The number of halogens is 1. The Morgan fingerprint density at radius 2 is 0.704 bits per heavy atom. The van der Waals surface area contributed by atoms with Gasteiger partial charge in [-0.15, -0.1) is 0 Å². The molecule has 0 aromatic heterocycles. The van der Waals surface area contributed by atoms with Crippen LogP contribution >= 0.6 is 7.26 Å². The fraction of sp³-hybridized carbons (Fsp3) is 0. The molecule has 3 heteroatoms. The summed E-state index contributed by atoms with van der Waals surface area (Å²) in [5, 5.41) is 4.96. The summed E-state index contributed by atoms with van der Waals surface area (Å²) in [6, 6.07) is 38.8. The Kier molecular flexibility index (Phi) is 6.42. The van der Waals surface area contributed by atoms with E-state index in [1.807, 2.05) is 30.3 Å². The van der Waals surface area contributed by atoms with E-state index in [9.17, 15) is 4.39 Å². The third-order valence-corrected chi connectivity index (χ3v) is 8.94. The van der Waals surface area contributed by atoms with Gasteiger partial charge in [0.25, 0.3) is 0 Å². The van der Waals surface area contributed by atoms with Crippen LogP contribution in [-0.4, -0.2) is 0 Å². The van der Waals surface area contributed by atoms with Crippen molar-refractivity contribution in [2.45, 2.75) is 0 Å². The van der Waals surface area contributed by atoms with E-state index >= 15 is 0 Å². The van der Waals surface area contributed by atoms with Crippen molar-refractivity contribution in [2.24, 2.45) is 0 Å². The topological polar surface area (TPSA) is 0 Å². The second kappa shape index (κ2) is 8.78. The molecule has 27 heavy (non-hydrogen) atoms. The monoisotopic (exact) mass is 554 g/mol.